The van der Waals surface area contributed by atoms with Crippen LogP contribution in [0, 0.1) is 5.92 Å². The Morgan fingerprint density at radius 2 is 1.92 bits per heavy atom. The minimum Gasteiger partial charge on any atom is -0.330 e. The summed E-state index contributed by atoms with van der Waals surface area (Å²) >= 11 is 0. The SMILES string of the molecule is C=C1CCN(C(C)C(C)CN)CC1. The van der Waals surface area contributed by atoms with Gasteiger partial charge in [-0.15, -0.1) is 0 Å². The second-order valence-electron chi connectivity index (χ2n) is 4.24. The Labute approximate surface area is 81.8 Å². The standard InChI is InChI=1S/C11H22N2/c1-9-4-6-13(7-5-9)11(3)10(2)8-12/h10-11H,1,4-8,12H2,2-3H3. The summed E-state index contributed by atoms with van der Waals surface area (Å²) in [5, 5.41) is 0. The smallest absolute Gasteiger partial charge is 0.0105 e. The van der Waals surface area contributed by atoms with Crippen molar-refractivity contribution in [2.45, 2.75) is 32.7 Å². The Morgan fingerprint density at radius 1 is 1.38 bits per heavy atom. The average molecular weight is 182 g/mol. The number of hydrogen-bond acceptors (Lipinski definition) is 2. The van der Waals surface area contributed by atoms with Gasteiger partial charge in [0.2, 0.25) is 0 Å². The Bertz CT molecular complexity index is 167. The van der Waals surface area contributed by atoms with Gasteiger partial charge in [-0.1, -0.05) is 19.1 Å². The van der Waals surface area contributed by atoms with E-state index in [9.17, 15) is 0 Å². The predicted octanol–water partition coefficient (Wildman–Crippen LogP) is 1.62. The summed E-state index contributed by atoms with van der Waals surface area (Å²) in [6.45, 7) is 11.7. The third-order valence-corrected chi connectivity index (χ3v) is 3.28. The molecule has 1 aliphatic rings. The van der Waals surface area contributed by atoms with Gasteiger partial charge in [-0.25, -0.2) is 0 Å². The summed E-state index contributed by atoms with van der Waals surface area (Å²) in [4.78, 5) is 2.53. The Morgan fingerprint density at radius 3 is 2.38 bits per heavy atom. The Hall–Kier alpha value is -0.340. The molecule has 0 amide bonds. The van der Waals surface area contributed by atoms with E-state index in [1.54, 1.807) is 0 Å². The molecule has 13 heavy (non-hydrogen) atoms. The monoisotopic (exact) mass is 182 g/mol. The zero-order chi connectivity index (χ0) is 9.84. The van der Waals surface area contributed by atoms with E-state index in [0.717, 1.165) is 6.54 Å². The van der Waals surface area contributed by atoms with Gasteiger partial charge in [0.15, 0.2) is 0 Å². The summed E-state index contributed by atoms with van der Waals surface area (Å²) in [5.41, 5.74) is 7.07. The van der Waals surface area contributed by atoms with Crippen LogP contribution in [0.5, 0.6) is 0 Å². The molecule has 2 nitrogen and oxygen atoms in total. The van der Waals surface area contributed by atoms with Crippen LogP contribution in [0.4, 0.5) is 0 Å². The van der Waals surface area contributed by atoms with Crippen LogP contribution < -0.4 is 5.73 Å². The van der Waals surface area contributed by atoms with Gasteiger partial charge in [0.25, 0.3) is 0 Å². The molecule has 2 heteroatoms. The molecule has 0 spiro atoms. The Balaban J connectivity index is 2.39. The summed E-state index contributed by atoms with van der Waals surface area (Å²) in [6.07, 6.45) is 2.34. The molecule has 1 heterocycles. The van der Waals surface area contributed by atoms with Crippen LogP contribution in [-0.4, -0.2) is 30.6 Å². The minimum atomic E-state index is 0.603. The first-order valence-corrected chi connectivity index (χ1v) is 5.26. The van der Waals surface area contributed by atoms with E-state index in [1.165, 1.54) is 31.5 Å². The van der Waals surface area contributed by atoms with E-state index in [4.69, 9.17) is 5.73 Å². The van der Waals surface area contributed by atoms with E-state index < -0.39 is 0 Å². The largest absolute Gasteiger partial charge is 0.330 e. The lowest BCUT2D eigenvalue weighted by atomic mass is 9.98. The lowest BCUT2D eigenvalue weighted by Crippen LogP contribution is -2.43. The van der Waals surface area contributed by atoms with Crippen LogP contribution in [0.2, 0.25) is 0 Å². The van der Waals surface area contributed by atoms with Crippen LogP contribution in [0.15, 0.2) is 12.2 Å². The molecule has 0 saturated carbocycles. The zero-order valence-corrected chi connectivity index (χ0v) is 8.92. The third-order valence-electron chi connectivity index (χ3n) is 3.28. The second-order valence-corrected chi connectivity index (χ2v) is 4.24. The van der Waals surface area contributed by atoms with Gasteiger partial charge in [-0.3, -0.25) is 4.90 Å². The molecule has 2 unspecified atom stereocenters. The lowest BCUT2D eigenvalue weighted by Gasteiger charge is -2.36. The fourth-order valence-corrected chi connectivity index (χ4v) is 1.80. The molecular formula is C11H22N2. The van der Waals surface area contributed by atoms with Crippen LogP contribution in [0.3, 0.4) is 0 Å². The van der Waals surface area contributed by atoms with E-state index in [1.807, 2.05) is 0 Å². The Kier molecular flexibility index (Phi) is 3.94. The topological polar surface area (TPSA) is 29.3 Å². The van der Waals surface area contributed by atoms with Gasteiger partial charge >= 0.3 is 0 Å². The molecule has 1 rings (SSSR count). The zero-order valence-electron chi connectivity index (χ0n) is 8.92. The maximum absolute atomic E-state index is 5.66. The van der Waals surface area contributed by atoms with Crippen molar-refractivity contribution < 1.29 is 0 Å². The van der Waals surface area contributed by atoms with Crippen molar-refractivity contribution in [3.05, 3.63) is 12.2 Å². The van der Waals surface area contributed by atoms with Crippen LogP contribution in [-0.2, 0) is 0 Å². The van der Waals surface area contributed by atoms with Crippen LogP contribution >= 0.6 is 0 Å². The molecule has 0 aromatic rings. The van der Waals surface area contributed by atoms with Crippen molar-refractivity contribution in [2.75, 3.05) is 19.6 Å². The summed E-state index contributed by atoms with van der Waals surface area (Å²) in [7, 11) is 0. The highest BCUT2D eigenvalue weighted by Crippen LogP contribution is 2.19. The lowest BCUT2D eigenvalue weighted by molar-refractivity contribution is 0.153. The van der Waals surface area contributed by atoms with Gasteiger partial charge in [-0.2, -0.15) is 0 Å². The normalized spacial score (nSPS) is 24.4. The molecule has 2 N–H and O–H groups in total. The first-order valence-electron chi connectivity index (χ1n) is 5.26. The molecule has 0 radical (unpaired) electrons. The van der Waals surface area contributed by atoms with Crippen LogP contribution in [0.25, 0.3) is 0 Å². The van der Waals surface area contributed by atoms with Crippen LogP contribution in [0.1, 0.15) is 26.7 Å². The molecule has 1 saturated heterocycles. The van der Waals surface area contributed by atoms with Gasteiger partial charge in [0, 0.05) is 19.1 Å². The first-order chi connectivity index (χ1) is 6.15. The quantitative estimate of drug-likeness (QED) is 0.672. The van der Waals surface area contributed by atoms with Gasteiger partial charge in [0.05, 0.1) is 0 Å². The molecule has 1 aliphatic heterocycles. The van der Waals surface area contributed by atoms with Crippen molar-refractivity contribution >= 4 is 0 Å². The molecule has 76 valence electrons. The highest BCUT2D eigenvalue weighted by molar-refractivity contribution is 4.99. The van der Waals surface area contributed by atoms with E-state index in [2.05, 4.69) is 25.3 Å². The first kappa shape index (κ1) is 10.7. The molecule has 0 aliphatic carbocycles. The maximum Gasteiger partial charge on any atom is 0.0105 e. The minimum absolute atomic E-state index is 0.603. The van der Waals surface area contributed by atoms with Crippen molar-refractivity contribution in [2.24, 2.45) is 11.7 Å². The maximum atomic E-state index is 5.66. The predicted molar refractivity (Wildman–Crippen MR) is 57.6 cm³/mol. The number of rotatable bonds is 3. The molecule has 0 bridgehead atoms. The molecule has 1 fully saturated rings. The molecular weight excluding hydrogens is 160 g/mol. The van der Waals surface area contributed by atoms with E-state index >= 15 is 0 Å². The van der Waals surface area contributed by atoms with Gasteiger partial charge in [0.1, 0.15) is 0 Å². The van der Waals surface area contributed by atoms with Crippen molar-refractivity contribution in [3.63, 3.8) is 0 Å². The van der Waals surface area contributed by atoms with E-state index in [0.29, 0.717) is 12.0 Å². The highest BCUT2D eigenvalue weighted by atomic mass is 15.2. The fourth-order valence-electron chi connectivity index (χ4n) is 1.80. The molecule has 0 aromatic carbocycles. The van der Waals surface area contributed by atoms with E-state index in [-0.39, 0.29) is 0 Å². The summed E-state index contributed by atoms with van der Waals surface area (Å²) in [5.74, 6) is 0.603. The number of nitrogens with two attached hydrogens (primary N) is 1. The summed E-state index contributed by atoms with van der Waals surface area (Å²) < 4.78 is 0. The number of nitrogens with zero attached hydrogens (tertiary/aromatic N) is 1. The third kappa shape index (κ3) is 2.82. The average Bonchev–Trinajstić information content (AvgIpc) is 2.17. The van der Waals surface area contributed by atoms with Crippen molar-refractivity contribution in [1.29, 1.82) is 0 Å². The molecule has 2 atom stereocenters. The van der Waals surface area contributed by atoms with Crippen molar-refractivity contribution in [3.8, 4) is 0 Å². The number of piperidine rings is 1. The number of likely N-dealkylation sites (tertiary alicyclic amines) is 1. The second kappa shape index (κ2) is 4.77. The van der Waals surface area contributed by atoms with Gasteiger partial charge < -0.3 is 5.73 Å². The van der Waals surface area contributed by atoms with Gasteiger partial charge in [-0.05, 0) is 32.2 Å². The summed E-state index contributed by atoms with van der Waals surface area (Å²) in [6, 6.07) is 0.623. The number of hydrogen-bond donors (Lipinski definition) is 1. The fraction of sp³-hybridized carbons (Fsp3) is 0.818. The molecule has 0 aromatic heterocycles. The highest BCUT2D eigenvalue weighted by Gasteiger charge is 2.21. The van der Waals surface area contributed by atoms with Crippen molar-refractivity contribution in [1.82, 2.24) is 4.90 Å².